The van der Waals surface area contributed by atoms with Crippen LogP contribution in [0.5, 0.6) is 11.5 Å². The first kappa shape index (κ1) is 23.9. The van der Waals surface area contributed by atoms with Gasteiger partial charge < -0.3 is 25.4 Å². The highest BCUT2D eigenvalue weighted by Crippen LogP contribution is 2.33. The molecule has 34 heavy (non-hydrogen) atoms. The third kappa shape index (κ3) is 6.42. The Morgan fingerprint density at radius 2 is 1.59 bits per heavy atom. The van der Waals surface area contributed by atoms with Crippen LogP contribution in [-0.4, -0.2) is 29.5 Å². The summed E-state index contributed by atoms with van der Waals surface area (Å²) in [5.74, 6) is 1.29. The number of nitrogens with one attached hydrogen (secondary N) is 3. The van der Waals surface area contributed by atoms with Gasteiger partial charge in [-0.3, -0.25) is 4.79 Å². The van der Waals surface area contributed by atoms with E-state index < -0.39 is 0 Å². The normalized spacial score (nSPS) is 13.0. The summed E-state index contributed by atoms with van der Waals surface area (Å²) in [5.41, 5.74) is 3.67. The molecule has 176 valence electrons. The van der Waals surface area contributed by atoms with Crippen LogP contribution in [0.15, 0.2) is 71.6 Å². The van der Waals surface area contributed by atoms with Gasteiger partial charge in [0.15, 0.2) is 16.6 Å². The van der Waals surface area contributed by atoms with E-state index in [0.717, 1.165) is 16.3 Å². The number of aryl methyl sites for hydroxylation is 1. The van der Waals surface area contributed by atoms with Crippen LogP contribution < -0.4 is 25.4 Å². The number of benzene rings is 3. The first-order valence-corrected chi connectivity index (χ1v) is 12.4. The highest BCUT2D eigenvalue weighted by molar-refractivity contribution is 8.00. The number of thiocarbonyl (C=S) groups is 1. The van der Waals surface area contributed by atoms with Crippen molar-refractivity contribution in [2.45, 2.75) is 30.4 Å². The molecule has 1 atom stereocenters. The molecular weight excluding hydrogens is 466 g/mol. The lowest BCUT2D eigenvalue weighted by Gasteiger charge is -2.20. The van der Waals surface area contributed by atoms with Gasteiger partial charge in [0.1, 0.15) is 13.2 Å². The summed E-state index contributed by atoms with van der Waals surface area (Å²) < 4.78 is 11.2. The fraction of sp³-hybridized carbons (Fsp3) is 0.231. The summed E-state index contributed by atoms with van der Waals surface area (Å²) >= 11 is 6.97. The van der Waals surface area contributed by atoms with Gasteiger partial charge in [-0.25, -0.2) is 0 Å². The Bertz CT molecular complexity index is 1170. The average Bonchev–Trinajstić information content (AvgIpc) is 2.84. The Morgan fingerprint density at radius 3 is 2.35 bits per heavy atom. The average molecular weight is 494 g/mol. The molecule has 0 saturated heterocycles. The predicted octanol–water partition coefficient (Wildman–Crippen LogP) is 6.08. The molecule has 3 N–H and O–H groups in total. The number of fused-ring (bicyclic) bond motifs is 1. The predicted molar refractivity (Wildman–Crippen MR) is 143 cm³/mol. The molecule has 3 aromatic rings. The molecule has 0 radical (unpaired) electrons. The van der Waals surface area contributed by atoms with Crippen LogP contribution in [0.3, 0.4) is 0 Å². The minimum absolute atomic E-state index is 0.0564. The number of anilines is 3. The van der Waals surface area contributed by atoms with E-state index in [1.54, 1.807) is 6.07 Å². The summed E-state index contributed by atoms with van der Waals surface area (Å²) in [6, 6.07) is 21.4. The van der Waals surface area contributed by atoms with Gasteiger partial charge in [-0.15, -0.1) is 11.8 Å². The van der Waals surface area contributed by atoms with Gasteiger partial charge >= 0.3 is 0 Å². The number of rotatable bonds is 7. The van der Waals surface area contributed by atoms with E-state index in [4.69, 9.17) is 21.7 Å². The number of thioether (sulfide) groups is 1. The van der Waals surface area contributed by atoms with E-state index in [2.05, 4.69) is 16.0 Å². The Hall–Kier alpha value is -3.23. The standard InChI is InChI=1S/C26H27N3O3S2/c1-3-24(25(30)27-20-11-12-22-23(16-20)32-14-13-31-22)34-21-6-4-5-19(15-21)29-26(33)28-18-9-7-17(2)8-10-18/h4-12,15-16,24H,3,13-14H2,1-2H3,(H,27,30)(H2,28,29,33). The van der Waals surface area contributed by atoms with Crippen molar-refractivity contribution in [1.82, 2.24) is 0 Å². The molecule has 3 aromatic carbocycles. The molecule has 0 spiro atoms. The Morgan fingerprint density at radius 1 is 0.912 bits per heavy atom. The van der Waals surface area contributed by atoms with Crippen molar-refractivity contribution in [3.05, 3.63) is 72.3 Å². The van der Waals surface area contributed by atoms with Crippen molar-refractivity contribution in [3.8, 4) is 11.5 Å². The second-order valence-electron chi connectivity index (χ2n) is 7.84. The zero-order valence-corrected chi connectivity index (χ0v) is 20.7. The van der Waals surface area contributed by atoms with E-state index >= 15 is 0 Å². The molecule has 6 nitrogen and oxygen atoms in total. The molecule has 0 bridgehead atoms. The van der Waals surface area contributed by atoms with Gasteiger partial charge in [0.05, 0.1) is 5.25 Å². The number of hydrogen-bond donors (Lipinski definition) is 3. The lowest BCUT2D eigenvalue weighted by Crippen LogP contribution is -2.24. The third-order valence-electron chi connectivity index (χ3n) is 5.15. The number of ether oxygens (including phenoxy) is 2. The first-order valence-electron chi connectivity index (χ1n) is 11.1. The highest BCUT2D eigenvalue weighted by Gasteiger charge is 2.20. The van der Waals surface area contributed by atoms with Crippen molar-refractivity contribution in [2.24, 2.45) is 0 Å². The van der Waals surface area contributed by atoms with Gasteiger partial charge in [-0.1, -0.05) is 30.7 Å². The Labute approximate surface area is 209 Å². The van der Waals surface area contributed by atoms with E-state index in [1.807, 2.05) is 74.5 Å². The maximum absolute atomic E-state index is 13.0. The molecule has 1 unspecified atom stereocenters. The zero-order chi connectivity index (χ0) is 23.9. The number of carbonyl (C=O) groups excluding carboxylic acids is 1. The van der Waals surface area contributed by atoms with Crippen molar-refractivity contribution in [2.75, 3.05) is 29.2 Å². The second kappa shape index (κ2) is 11.3. The number of carbonyl (C=O) groups is 1. The molecule has 1 aliphatic rings. The van der Waals surface area contributed by atoms with Crippen LogP contribution in [0.4, 0.5) is 17.1 Å². The van der Waals surface area contributed by atoms with Gasteiger partial charge in [0.2, 0.25) is 5.91 Å². The molecule has 4 rings (SSSR count). The second-order valence-corrected chi connectivity index (χ2v) is 9.52. The van der Waals surface area contributed by atoms with Crippen molar-refractivity contribution in [3.63, 3.8) is 0 Å². The first-order chi connectivity index (χ1) is 16.5. The molecule has 0 fully saturated rings. The Kier molecular flexibility index (Phi) is 7.92. The lowest BCUT2D eigenvalue weighted by molar-refractivity contribution is -0.115. The van der Waals surface area contributed by atoms with Crippen molar-refractivity contribution < 1.29 is 14.3 Å². The topological polar surface area (TPSA) is 71.6 Å². The fourth-order valence-electron chi connectivity index (χ4n) is 3.41. The highest BCUT2D eigenvalue weighted by atomic mass is 32.2. The number of hydrogen-bond acceptors (Lipinski definition) is 5. The molecular formula is C26H27N3O3S2. The van der Waals surface area contributed by atoms with E-state index in [-0.39, 0.29) is 11.2 Å². The largest absolute Gasteiger partial charge is 0.486 e. The minimum Gasteiger partial charge on any atom is -0.486 e. The maximum atomic E-state index is 13.0. The molecule has 0 aromatic heterocycles. The molecule has 1 aliphatic heterocycles. The van der Waals surface area contributed by atoms with Gasteiger partial charge in [0, 0.05) is 28.0 Å². The van der Waals surface area contributed by atoms with Gasteiger partial charge in [0.25, 0.3) is 0 Å². The van der Waals surface area contributed by atoms with Crippen molar-refractivity contribution in [1.29, 1.82) is 0 Å². The fourth-order valence-corrected chi connectivity index (χ4v) is 4.66. The van der Waals surface area contributed by atoms with Gasteiger partial charge in [-0.05, 0) is 68.0 Å². The summed E-state index contributed by atoms with van der Waals surface area (Å²) in [5, 5.41) is 9.66. The smallest absolute Gasteiger partial charge is 0.237 e. The SMILES string of the molecule is CCC(Sc1cccc(NC(=S)Nc2ccc(C)cc2)c1)C(=O)Nc1ccc2c(c1)OCCO2. The van der Waals surface area contributed by atoms with E-state index in [9.17, 15) is 4.79 Å². The van der Waals surface area contributed by atoms with Crippen LogP contribution in [-0.2, 0) is 4.79 Å². The Balaban J connectivity index is 1.36. The minimum atomic E-state index is -0.249. The molecule has 1 amide bonds. The van der Waals surface area contributed by atoms with Crippen molar-refractivity contribution >= 4 is 52.1 Å². The molecule has 0 saturated carbocycles. The van der Waals surface area contributed by atoms with E-state index in [1.165, 1.54) is 17.3 Å². The summed E-state index contributed by atoms with van der Waals surface area (Å²) in [7, 11) is 0. The monoisotopic (exact) mass is 493 g/mol. The van der Waals surface area contributed by atoms with Crippen LogP contribution in [0.1, 0.15) is 18.9 Å². The summed E-state index contributed by atoms with van der Waals surface area (Å²) in [6.07, 6.45) is 0.687. The zero-order valence-electron chi connectivity index (χ0n) is 19.1. The molecule has 8 heteroatoms. The summed E-state index contributed by atoms with van der Waals surface area (Å²) in [4.78, 5) is 13.9. The quantitative estimate of drug-likeness (QED) is 0.272. The van der Waals surface area contributed by atoms with E-state index in [0.29, 0.717) is 41.9 Å². The van der Waals surface area contributed by atoms with Crippen LogP contribution in [0.2, 0.25) is 0 Å². The van der Waals surface area contributed by atoms with Crippen LogP contribution in [0.25, 0.3) is 0 Å². The molecule has 0 aliphatic carbocycles. The third-order valence-corrected chi connectivity index (χ3v) is 6.71. The van der Waals surface area contributed by atoms with Gasteiger partial charge in [-0.2, -0.15) is 0 Å². The molecule has 1 heterocycles. The van der Waals surface area contributed by atoms with Crippen LogP contribution >= 0.6 is 24.0 Å². The maximum Gasteiger partial charge on any atom is 0.237 e. The van der Waals surface area contributed by atoms with Crippen LogP contribution in [0, 0.1) is 6.92 Å². The summed E-state index contributed by atoms with van der Waals surface area (Å²) in [6.45, 7) is 5.09. The number of amides is 1. The lowest BCUT2D eigenvalue weighted by atomic mass is 10.2.